The maximum absolute atomic E-state index is 14.3. The molecule has 0 aliphatic carbocycles. The van der Waals surface area contributed by atoms with E-state index in [1.807, 2.05) is 0 Å². The minimum atomic E-state index is -4.79. The molecule has 0 fully saturated rings. The first-order valence-corrected chi connectivity index (χ1v) is 10.1. The Morgan fingerprint density at radius 1 is 1.12 bits per heavy atom. The van der Waals surface area contributed by atoms with Crippen LogP contribution in [0.15, 0.2) is 79.5 Å². The molecule has 3 aromatic rings. The lowest BCUT2D eigenvalue weighted by Crippen LogP contribution is -2.34. The first-order chi connectivity index (χ1) is 15.7. The Balaban J connectivity index is 2.19. The Labute approximate surface area is 192 Å². The number of carbonyl (C=O) groups excluding carboxylic acids is 1. The Bertz CT molecular complexity index is 1110. The van der Waals surface area contributed by atoms with Gasteiger partial charge in [0.25, 0.3) is 0 Å². The number of pyridine rings is 1. The Morgan fingerprint density at radius 2 is 1.85 bits per heavy atom. The van der Waals surface area contributed by atoms with E-state index >= 15 is 0 Å². The molecule has 2 aromatic carbocycles. The summed E-state index contributed by atoms with van der Waals surface area (Å²) in [5.41, 5.74) is -0.264. The van der Waals surface area contributed by atoms with Crippen molar-refractivity contribution in [3.63, 3.8) is 0 Å². The first kappa shape index (κ1) is 24.3. The fourth-order valence-electron chi connectivity index (χ4n) is 3.38. The summed E-state index contributed by atoms with van der Waals surface area (Å²) in [6.07, 6.45) is -2.97. The Morgan fingerprint density at radius 3 is 2.45 bits per heavy atom. The van der Waals surface area contributed by atoms with Crippen LogP contribution in [0.25, 0.3) is 0 Å². The highest BCUT2D eigenvalue weighted by atomic mass is 35.5. The molecule has 1 aromatic heterocycles. The lowest BCUT2D eigenvalue weighted by atomic mass is 9.83. The van der Waals surface area contributed by atoms with E-state index in [0.29, 0.717) is 22.3 Å². The van der Waals surface area contributed by atoms with Crippen molar-refractivity contribution in [1.29, 1.82) is 0 Å². The van der Waals surface area contributed by atoms with E-state index in [1.165, 1.54) is 12.3 Å². The summed E-state index contributed by atoms with van der Waals surface area (Å²) in [5.74, 6) is -1.88. The highest BCUT2D eigenvalue weighted by Gasteiger charge is 2.35. The zero-order valence-electron chi connectivity index (χ0n) is 17.2. The molecule has 0 aliphatic heterocycles. The molecule has 4 nitrogen and oxygen atoms in total. The highest BCUT2D eigenvalue weighted by Crippen LogP contribution is 2.39. The number of halogens is 5. The molecule has 33 heavy (non-hydrogen) atoms. The molecule has 0 bridgehead atoms. The van der Waals surface area contributed by atoms with Gasteiger partial charge < -0.3 is 10.1 Å². The van der Waals surface area contributed by atoms with Crippen LogP contribution in [0.2, 0.25) is 5.02 Å². The van der Waals surface area contributed by atoms with Crippen molar-refractivity contribution >= 4 is 17.7 Å². The summed E-state index contributed by atoms with van der Waals surface area (Å²) in [4.78, 5) is 16.7. The molecule has 172 valence electrons. The zero-order chi connectivity index (χ0) is 24.0. The topological polar surface area (TPSA) is 51.2 Å². The molecular weight excluding hydrogens is 460 g/mol. The van der Waals surface area contributed by atoms with Crippen molar-refractivity contribution in [2.24, 2.45) is 0 Å². The number of ether oxygens (including phenoxy) is 1. The van der Waals surface area contributed by atoms with Gasteiger partial charge in [0.1, 0.15) is 12.4 Å². The van der Waals surface area contributed by atoms with Gasteiger partial charge in [-0.3, -0.25) is 4.98 Å². The number of hydrogen-bond acceptors (Lipinski definition) is 3. The molecule has 0 spiro atoms. The second kappa shape index (κ2) is 10.5. The highest BCUT2D eigenvalue weighted by molar-refractivity contribution is 6.30. The lowest BCUT2D eigenvalue weighted by Gasteiger charge is -2.29. The maximum Gasteiger partial charge on any atom is 0.416 e. The average Bonchev–Trinajstić information content (AvgIpc) is 2.78. The van der Waals surface area contributed by atoms with E-state index in [1.54, 1.807) is 42.5 Å². The SMILES string of the molecule is C=CCOC(=O)NC(c1cc(F)cc(C(F)(F)F)c1)C(c1ccccc1)c1ccc(Cl)cn1. The molecular formula is C24H19ClF4N2O2. The van der Waals surface area contributed by atoms with E-state index in [9.17, 15) is 22.4 Å². The molecule has 0 saturated carbocycles. The number of alkyl carbamates (subject to hydrolysis) is 1. The van der Waals surface area contributed by atoms with Crippen molar-refractivity contribution < 1.29 is 27.1 Å². The predicted octanol–water partition coefficient (Wildman–Crippen LogP) is 6.68. The van der Waals surface area contributed by atoms with Gasteiger partial charge >= 0.3 is 12.3 Å². The van der Waals surface area contributed by atoms with E-state index in [-0.39, 0.29) is 12.2 Å². The summed E-state index contributed by atoms with van der Waals surface area (Å²) in [5, 5.41) is 2.92. The standard InChI is InChI=1S/C24H19ClF4N2O2/c1-2-10-33-23(32)31-22(16-11-17(24(27,28)29)13-19(26)12-16)21(15-6-4-3-5-7-15)20-9-8-18(25)14-30-20/h2-9,11-14,21-22H,1,10H2,(H,31,32). The minimum absolute atomic E-state index is 0.108. The Kier molecular flexibility index (Phi) is 7.71. The van der Waals surface area contributed by atoms with Gasteiger partial charge in [-0.15, -0.1) is 0 Å². The van der Waals surface area contributed by atoms with Gasteiger partial charge in [-0.05, 0) is 41.5 Å². The van der Waals surface area contributed by atoms with Gasteiger partial charge in [0.2, 0.25) is 0 Å². The van der Waals surface area contributed by atoms with Crippen LogP contribution in [0.4, 0.5) is 22.4 Å². The van der Waals surface area contributed by atoms with Crippen molar-refractivity contribution in [1.82, 2.24) is 10.3 Å². The minimum Gasteiger partial charge on any atom is -0.445 e. The molecule has 1 heterocycles. The van der Waals surface area contributed by atoms with E-state index in [2.05, 4.69) is 16.9 Å². The monoisotopic (exact) mass is 478 g/mol. The van der Waals surface area contributed by atoms with Crippen LogP contribution in [0.1, 0.15) is 34.3 Å². The van der Waals surface area contributed by atoms with E-state index in [4.69, 9.17) is 16.3 Å². The molecule has 2 atom stereocenters. The molecule has 2 unspecified atom stereocenters. The first-order valence-electron chi connectivity index (χ1n) is 9.77. The van der Waals surface area contributed by atoms with Crippen LogP contribution < -0.4 is 5.32 Å². The third kappa shape index (κ3) is 6.32. The number of alkyl halides is 3. The van der Waals surface area contributed by atoms with Crippen molar-refractivity contribution in [3.05, 3.63) is 113 Å². The fraction of sp³-hybridized carbons (Fsp3) is 0.167. The van der Waals surface area contributed by atoms with Crippen LogP contribution >= 0.6 is 11.6 Å². The third-order valence-corrected chi connectivity index (χ3v) is 5.00. The number of rotatable bonds is 7. The summed E-state index contributed by atoms with van der Waals surface area (Å²) in [7, 11) is 0. The van der Waals surface area contributed by atoms with Gasteiger partial charge in [-0.2, -0.15) is 13.2 Å². The number of benzene rings is 2. The molecule has 1 N–H and O–H groups in total. The molecule has 3 rings (SSSR count). The quantitative estimate of drug-likeness (QED) is 0.304. The summed E-state index contributed by atoms with van der Waals surface area (Å²) in [6.45, 7) is 3.34. The third-order valence-electron chi connectivity index (χ3n) is 4.77. The van der Waals surface area contributed by atoms with Crippen molar-refractivity contribution in [3.8, 4) is 0 Å². The number of nitrogens with one attached hydrogen (secondary N) is 1. The van der Waals surface area contributed by atoms with E-state index < -0.39 is 35.6 Å². The summed E-state index contributed by atoms with van der Waals surface area (Å²) >= 11 is 5.96. The van der Waals surface area contributed by atoms with Gasteiger partial charge in [0.15, 0.2) is 0 Å². The molecule has 0 aliphatic rings. The van der Waals surface area contributed by atoms with Crippen LogP contribution in [-0.4, -0.2) is 17.7 Å². The smallest absolute Gasteiger partial charge is 0.416 e. The van der Waals surface area contributed by atoms with Crippen LogP contribution in [0, 0.1) is 5.82 Å². The number of nitrogens with zero attached hydrogens (tertiary/aromatic N) is 1. The van der Waals surface area contributed by atoms with Crippen molar-refractivity contribution in [2.75, 3.05) is 6.61 Å². The van der Waals surface area contributed by atoms with Gasteiger partial charge in [-0.1, -0.05) is 54.6 Å². The number of carbonyl (C=O) groups is 1. The molecule has 9 heteroatoms. The number of aromatic nitrogens is 1. The lowest BCUT2D eigenvalue weighted by molar-refractivity contribution is -0.137. The van der Waals surface area contributed by atoms with Crippen LogP contribution in [-0.2, 0) is 10.9 Å². The maximum atomic E-state index is 14.3. The Hall–Kier alpha value is -3.39. The molecule has 1 amide bonds. The largest absolute Gasteiger partial charge is 0.445 e. The normalized spacial score (nSPS) is 13.1. The van der Waals surface area contributed by atoms with Crippen LogP contribution in [0.5, 0.6) is 0 Å². The van der Waals surface area contributed by atoms with Gasteiger partial charge in [0, 0.05) is 6.20 Å². The van der Waals surface area contributed by atoms with E-state index in [0.717, 1.165) is 12.1 Å². The van der Waals surface area contributed by atoms with Gasteiger partial charge in [-0.25, -0.2) is 9.18 Å². The fourth-order valence-corrected chi connectivity index (χ4v) is 3.50. The molecule has 0 saturated heterocycles. The zero-order valence-corrected chi connectivity index (χ0v) is 17.9. The second-order valence-electron chi connectivity index (χ2n) is 7.07. The predicted molar refractivity (Wildman–Crippen MR) is 116 cm³/mol. The van der Waals surface area contributed by atoms with Gasteiger partial charge in [0.05, 0.1) is 28.2 Å². The second-order valence-corrected chi connectivity index (χ2v) is 7.51. The number of hydrogen-bond donors (Lipinski definition) is 1. The van der Waals surface area contributed by atoms with Crippen LogP contribution in [0.3, 0.4) is 0 Å². The molecule has 0 radical (unpaired) electrons. The summed E-state index contributed by atoms with van der Waals surface area (Å²) in [6, 6.07) is 12.8. The summed E-state index contributed by atoms with van der Waals surface area (Å²) < 4.78 is 59.5. The average molecular weight is 479 g/mol. The van der Waals surface area contributed by atoms with Crippen molar-refractivity contribution in [2.45, 2.75) is 18.1 Å². The number of amides is 1.